The maximum atomic E-state index is 9.14. The van der Waals surface area contributed by atoms with E-state index in [-0.39, 0.29) is 0 Å². The Bertz CT molecular complexity index is 683. The van der Waals surface area contributed by atoms with Gasteiger partial charge in [-0.05, 0) is 31.5 Å². The summed E-state index contributed by atoms with van der Waals surface area (Å²) in [4.78, 5) is 8.54. The van der Waals surface area contributed by atoms with Crippen molar-refractivity contribution in [3.63, 3.8) is 0 Å². The predicted octanol–water partition coefficient (Wildman–Crippen LogP) is 2.76. The highest BCUT2D eigenvalue weighted by molar-refractivity contribution is 5.67. The molecule has 0 amide bonds. The molecule has 21 heavy (non-hydrogen) atoms. The van der Waals surface area contributed by atoms with Crippen LogP contribution < -0.4 is 15.4 Å². The van der Waals surface area contributed by atoms with E-state index in [4.69, 9.17) is 10.00 Å². The first-order valence-electron chi connectivity index (χ1n) is 6.46. The van der Waals surface area contributed by atoms with Crippen molar-refractivity contribution < 1.29 is 4.74 Å². The second-order valence-corrected chi connectivity index (χ2v) is 4.55. The third-order valence-corrected chi connectivity index (χ3v) is 3.08. The minimum atomic E-state index is 0.321. The molecular weight excluding hydrogens is 266 g/mol. The van der Waals surface area contributed by atoms with Gasteiger partial charge in [0.25, 0.3) is 0 Å². The minimum absolute atomic E-state index is 0.321. The Labute approximate surface area is 123 Å². The van der Waals surface area contributed by atoms with Crippen molar-refractivity contribution in [3.8, 4) is 11.8 Å². The van der Waals surface area contributed by atoms with Gasteiger partial charge in [0, 0.05) is 7.05 Å². The fourth-order valence-corrected chi connectivity index (χ4v) is 2.12. The van der Waals surface area contributed by atoms with Gasteiger partial charge in [-0.2, -0.15) is 5.26 Å². The molecule has 0 aliphatic rings. The average molecular weight is 283 g/mol. The second-order valence-electron chi connectivity index (χ2n) is 4.55. The van der Waals surface area contributed by atoms with Crippen LogP contribution in [0.4, 0.5) is 17.2 Å². The lowest BCUT2D eigenvalue weighted by Gasteiger charge is -2.13. The van der Waals surface area contributed by atoms with E-state index in [1.54, 1.807) is 20.4 Å². The molecule has 0 unspecified atom stereocenters. The summed E-state index contributed by atoms with van der Waals surface area (Å²) >= 11 is 0. The van der Waals surface area contributed by atoms with E-state index >= 15 is 0 Å². The molecule has 0 radical (unpaired) electrons. The van der Waals surface area contributed by atoms with Gasteiger partial charge in [0.15, 0.2) is 5.69 Å². The van der Waals surface area contributed by atoms with Gasteiger partial charge in [0.1, 0.15) is 17.6 Å². The molecule has 0 saturated carbocycles. The van der Waals surface area contributed by atoms with Crippen molar-refractivity contribution in [2.24, 2.45) is 0 Å². The first-order chi connectivity index (χ1) is 10.1. The largest absolute Gasteiger partial charge is 0.495 e. The Morgan fingerprint density at radius 1 is 1.29 bits per heavy atom. The number of aromatic nitrogens is 2. The van der Waals surface area contributed by atoms with Crippen LogP contribution in [0.2, 0.25) is 0 Å². The maximum Gasteiger partial charge on any atom is 0.164 e. The number of methoxy groups -OCH3 is 1. The zero-order valence-corrected chi connectivity index (χ0v) is 12.5. The van der Waals surface area contributed by atoms with E-state index in [0.717, 1.165) is 22.7 Å². The van der Waals surface area contributed by atoms with Crippen molar-refractivity contribution in [2.45, 2.75) is 13.8 Å². The zero-order chi connectivity index (χ0) is 15.4. The molecule has 2 aromatic heterocycles. The SMILES string of the molecule is CNc1cnc(C#N)c(Nc2cc(C)c(OC)c(C)n2)c1. The Balaban J connectivity index is 2.41. The fraction of sp³-hybridized carbons (Fsp3) is 0.267. The lowest BCUT2D eigenvalue weighted by Crippen LogP contribution is -2.02. The first-order valence-corrected chi connectivity index (χ1v) is 6.46. The summed E-state index contributed by atoms with van der Waals surface area (Å²) in [5, 5.41) is 15.3. The van der Waals surface area contributed by atoms with Gasteiger partial charge in [-0.25, -0.2) is 9.97 Å². The standard InChI is InChI=1S/C15H17N5O/c1-9-5-14(19-10(2)15(9)21-4)20-12-6-11(17-3)8-18-13(12)7-16/h5-6,8,17H,1-4H3,(H,19,20). The lowest BCUT2D eigenvalue weighted by atomic mass is 10.2. The third-order valence-electron chi connectivity index (χ3n) is 3.08. The molecule has 0 fully saturated rings. The van der Waals surface area contributed by atoms with Crippen LogP contribution in [0.5, 0.6) is 5.75 Å². The average Bonchev–Trinajstić information content (AvgIpc) is 2.47. The third kappa shape index (κ3) is 3.03. The summed E-state index contributed by atoms with van der Waals surface area (Å²) in [6.07, 6.45) is 1.61. The highest BCUT2D eigenvalue weighted by Crippen LogP contribution is 2.27. The van der Waals surface area contributed by atoms with Gasteiger partial charge >= 0.3 is 0 Å². The van der Waals surface area contributed by atoms with Crippen LogP contribution in [-0.2, 0) is 0 Å². The number of rotatable bonds is 4. The van der Waals surface area contributed by atoms with Crippen LogP contribution in [0.1, 0.15) is 17.0 Å². The van der Waals surface area contributed by atoms with E-state index in [0.29, 0.717) is 17.2 Å². The molecule has 6 nitrogen and oxygen atoms in total. The summed E-state index contributed by atoms with van der Waals surface area (Å²) in [7, 11) is 3.42. The first kappa shape index (κ1) is 14.6. The fourth-order valence-electron chi connectivity index (χ4n) is 2.12. The monoisotopic (exact) mass is 283 g/mol. The topological polar surface area (TPSA) is 82.9 Å². The lowest BCUT2D eigenvalue weighted by molar-refractivity contribution is 0.406. The Morgan fingerprint density at radius 3 is 2.62 bits per heavy atom. The number of hydrogen-bond acceptors (Lipinski definition) is 6. The highest BCUT2D eigenvalue weighted by atomic mass is 16.5. The van der Waals surface area contributed by atoms with Gasteiger partial charge in [0.05, 0.1) is 30.4 Å². The van der Waals surface area contributed by atoms with Crippen molar-refractivity contribution in [3.05, 3.63) is 35.3 Å². The number of nitrogens with zero attached hydrogens (tertiary/aromatic N) is 3. The molecule has 0 aliphatic carbocycles. The quantitative estimate of drug-likeness (QED) is 0.897. The van der Waals surface area contributed by atoms with Gasteiger partial charge in [-0.3, -0.25) is 0 Å². The molecule has 6 heteroatoms. The van der Waals surface area contributed by atoms with E-state index in [1.165, 1.54) is 0 Å². The number of nitriles is 1. The number of hydrogen-bond donors (Lipinski definition) is 2. The van der Waals surface area contributed by atoms with E-state index < -0.39 is 0 Å². The zero-order valence-electron chi connectivity index (χ0n) is 12.5. The Hall–Kier alpha value is -2.81. The molecule has 0 saturated heterocycles. The van der Waals surface area contributed by atoms with Crippen LogP contribution in [0, 0.1) is 25.2 Å². The summed E-state index contributed by atoms with van der Waals surface area (Å²) < 4.78 is 5.30. The van der Waals surface area contributed by atoms with Crippen LogP contribution >= 0.6 is 0 Å². The predicted molar refractivity (Wildman–Crippen MR) is 82.0 cm³/mol. The molecule has 2 N–H and O–H groups in total. The van der Waals surface area contributed by atoms with Gasteiger partial charge in [-0.1, -0.05) is 0 Å². The Kier molecular flexibility index (Phi) is 4.24. The van der Waals surface area contributed by atoms with Crippen molar-refractivity contribution >= 4 is 17.2 Å². The van der Waals surface area contributed by atoms with E-state index in [9.17, 15) is 0 Å². The smallest absolute Gasteiger partial charge is 0.164 e. The van der Waals surface area contributed by atoms with E-state index in [1.807, 2.05) is 26.0 Å². The van der Waals surface area contributed by atoms with Crippen molar-refractivity contribution in [1.29, 1.82) is 5.26 Å². The minimum Gasteiger partial charge on any atom is -0.495 e. The van der Waals surface area contributed by atoms with Crippen molar-refractivity contribution in [1.82, 2.24) is 9.97 Å². The Morgan fingerprint density at radius 2 is 2.05 bits per heavy atom. The van der Waals surface area contributed by atoms with Crippen LogP contribution in [0.3, 0.4) is 0 Å². The van der Waals surface area contributed by atoms with Gasteiger partial charge < -0.3 is 15.4 Å². The number of nitrogens with one attached hydrogen (secondary N) is 2. The second kappa shape index (κ2) is 6.09. The summed E-state index contributed by atoms with van der Waals surface area (Å²) in [6.45, 7) is 3.83. The van der Waals surface area contributed by atoms with Crippen LogP contribution in [0.15, 0.2) is 18.3 Å². The molecule has 0 bridgehead atoms. The number of aryl methyl sites for hydroxylation is 2. The molecule has 0 aromatic carbocycles. The number of pyridine rings is 2. The molecule has 0 aliphatic heterocycles. The molecule has 108 valence electrons. The molecule has 2 aromatic rings. The van der Waals surface area contributed by atoms with Crippen LogP contribution in [-0.4, -0.2) is 24.1 Å². The summed E-state index contributed by atoms with van der Waals surface area (Å²) in [5.41, 5.74) is 3.51. The maximum absolute atomic E-state index is 9.14. The molecule has 2 rings (SSSR count). The van der Waals surface area contributed by atoms with E-state index in [2.05, 4.69) is 26.7 Å². The molecule has 0 spiro atoms. The normalized spacial score (nSPS) is 9.86. The number of anilines is 3. The van der Waals surface area contributed by atoms with Crippen LogP contribution in [0.25, 0.3) is 0 Å². The number of ether oxygens (including phenoxy) is 1. The van der Waals surface area contributed by atoms with Gasteiger partial charge in [-0.15, -0.1) is 0 Å². The van der Waals surface area contributed by atoms with Gasteiger partial charge in [0.2, 0.25) is 0 Å². The van der Waals surface area contributed by atoms with Crippen molar-refractivity contribution in [2.75, 3.05) is 24.8 Å². The molecule has 0 atom stereocenters. The summed E-state index contributed by atoms with van der Waals surface area (Å²) in [5.74, 6) is 1.42. The molecular formula is C15H17N5O. The highest BCUT2D eigenvalue weighted by Gasteiger charge is 2.10. The molecule has 2 heterocycles. The summed E-state index contributed by atoms with van der Waals surface area (Å²) in [6, 6.07) is 5.76.